The number of hydrogen-bond acceptors (Lipinski definition) is 9. The van der Waals surface area contributed by atoms with Gasteiger partial charge in [-0.15, -0.1) is 0 Å². The molecule has 148 valence electrons. The molecule has 2 aromatic carbocycles. The molecular weight excluding hydrogens is 392 g/mol. The highest BCUT2D eigenvalue weighted by Crippen LogP contribution is 2.41. The number of tetrazole rings is 1. The number of anilines is 2. The number of aromatic amines is 1. The number of nitro benzene ring substituents is 1. The number of aromatic nitrogens is 6. The third-order valence-corrected chi connectivity index (χ3v) is 4.78. The van der Waals surface area contributed by atoms with Crippen molar-refractivity contribution in [2.24, 2.45) is 0 Å². The van der Waals surface area contributed by atoms with Crippen LogP contribution in [0.2, 0.25) is 0 Å². The second kappa shape index (κ2) is 6.48. The number of fused-ring (bicyclic) bond motifs is 2. The lowest BCUT2D eigenvalue weighted by atomic mass is 9.92. The van der Waals surface area contributed by atoms with Crippen LogP contribution in [0.5, 0.6) is 5.75 Å². The third kappa shape index (κ3) is 2.66. The maximum atomic E-state index is 12.6. The van der Waals surface area contributed by atoms with Crippen molar-refractivity contribution in [1.29, 1.82) is 0 Å². The molecule has 0 amide bonds. The third-order valence-electron chi connectivity index (χ3n) is 4.78. The number of hydrogen-bond donors (Lipinski definition) is 3. The number of benzene rings is 2. The van der Waals surface area contributed by atoms with Crippen molar-refractivity contribution in [1.82, 2.24) is 30.4 Å². The molecule has 1 atom stereocenters. The van der Waals surface area contributed by atoms with Crippen LogP contribution in [0.4, 0.5) is 17.3 Å². The SMILES string of the molecule is O=c1[nH]nc(-c2cccc([N+](=O)[O-])c2)c2c1Nc1nnnn1[C@@H]2c1cccc(O)c1. The number of phenolic OH excluding ortho intramolecular Hbond substituents is 1. The number of nitrogens with one attached hydrogen (secondary N) is 2. The molecule has 0 aliphatic carbocycles. The Morgan fingerprint density at radius 2 is 2.00 bits per heavy atom. The van der Waals surface area contributed by atoms with Gasteiger partial charge in [0.1, 0.15) is 17.5 Å². The first kappa shape index (κ1) is 17.5. The molecule has 1 aliphatic rings. The Kier molecular flexibility index (Phi) is 3.78. The van der Waals surface area contributed by atoms with Gasteiger partial charge in [0.05, 0.1) is 10.6 Å². The number of H-pyrrole nitrogens is 1. The predicted octanol–water partition coefficient (Wildman–Crippen LogP) is 1.73. The summed E-state index contributed by atoms with van der Waals surface area (Å²) in [6.45, 7) is 0. The van der Waals surface area contributed by atoms with Crippen LogP contribution in [0.25, 0.3) is 11.3 Å². The van der Waals surface area contributed by atoms with Gasteiger partial charge in [-0.2, -0.15) is 9.78 Å². The lowest BCUT2D eigenvalue weighted by Crippen LogP contribution is -2.29. The van der Waals surface area contributed by atoms with Crippen molar-refractivity contribution in [3.63, 3.8) is 0 Å². The predicted molar refractivity (Wildman–Crippen MR) is 103 cm³/mol. The van der Waals surface area contributed by atoms with Gasteiger partial charge in [-0.25, -0.2) is 5.10 Å². The summed E-state index contributed by atoms with van der Waals surface area (Å²) in [5, 5.41) is 42.3. The summed E-state index contributed by atoms with van der Waals surface area (Å²) >= 11 is 0. The Hall–Kier alpha value is -4.61. The summed E-state index contributed by atoms with van der Waals surface area (Å²) in [6, 6.07) is 11.7. The van der Waals surface area contributed by atoms with Gasteiger partial charge in [0.2, 0.25) is 5.95 Å². The average molecular weight is 404 g/mol. The van der Waals surface area contributed by atoms with Gasteiger partial charge in [-0.3, -0.25) is 14.9 Å². The van der Waals surface area contributed by atoms with E-state index in [-0.39, 0.29) is 23.1 Å². The molecule has 0 bridgehead atoms. The number of non-ortho nitro benzene ring substituents is 1. The van der Waals surface area contributed by atoms with E-state index in [1.165, 1.54) is 35.0 Å². The summed E-state index contributed by atoms with van der Waals surface area (Å²) < 4.78 is 1.46. The number of nitro groups is 1. The fourth-order valence-electron chi connectivity index (χ4n) is 3.53. The first-order valence-corrected chi connectivity index (χ1v) is 8.74. The minimum Gasteiger partial charge on any atom is -0.508 e. The molecule has 0 spiro atoms. The van der Waals surface area contributed by atoms with Crippen molar-refractivity contribution in [2.75, 3.05) is 5.32 Å². The van der Waals surface area contributed by atoms with Gasteiger partial charge in [-0.05, 0) is 28.1 Å². The van der Waals surface area contributed by atoms with Crippen LogP contribution in [-0.2, 0) is 0 Å². The lowest BCUT2D eigenvalue weighted by Gasteiger charge is -2.27. The molecular formula is C18H12N8O4. The van der Waals surface area contributed by atoms with Crippen LogP contribution in [0.3, 0.4) is 0 Å². The monoisotopic (exact) mass is 404 g/mol. The Bertz CT molecular complexity index is 1360. The molecule has 12 heteroatoms. The van der Waals surface area contributed by atoms with E-state index >= 15 is 0 Å². The Morgan fingerprint density at radius 3 is 2.80 bits per heavy atom. The van der Waals surface area contributed by atoms with Crippen LogP contribution >= 0.6 is 0 Å². The van der Waals surface area contributed by atoms with Crippen molar-refractivity contribution in [3.8, 4) is 17.0 Å². The maximum absolute atomic E-state index is 12.6. The topological polar surface area (TPSA) is 165 Å². The Balaban J connectivity index is 1.82. The second-order valence-electron chi connectivity index (χ2n) is 6.57. The standard InChI is InChI=1S/C18H12N8O4/c27-12-6-2-4-10(8-12)16-13-14(9-3-1-5-11(7-9)26(29)30)20-21-17(28)15(13)19-18-22-23-24-25(16)18/h1-8,16,27H,(H,21,28)(H,19,22,24)/t16-/m1/s1. The summed E-state index contributed by atoms with van der Waals surface area (Å²) in [5.74, 6) is 0.259. The highest BCUT2D eigenvalue weighted by molar-refractivity contribution is 5.76. The van der Waals surface area contributed by atoms with E-state index in [9.17, 15) is 20.0 Å². The Labute approximate surface area is 167 Å². The largest absolute Gasteiger partial charge is 0.508 e. The number of aromatic hydroxyl groups is 1. The van der Waals surface area contributed by atoms with Crippen LogP contribution in [0.15, 0.2) is 53.3 Å². The van der Waals surface area contributed by atoms with E-state index in [1.54, 1.807) is 18.2 Å². The second-order valence-corrected chi connectivity index (χ2v) is 6.57. The molecule has 30 heavy (non-hydrogen) atoms. The number of rotatable bonds is 3. The summed E-state index contributed by atoms with van der Waals surface area (Å²) in [4.78, 5) is 23.3. The Morgan fingerprint density at radius 1 is 1.17 bits per heavy atom. The average Bonchev–Trinajstić information content (AvgIpc) is 3.21. The molecule has 0 unspecified atom stereocenters. The quantitative estimate of drug-likeness (QED) is 0.300. The molecule has 1 aliphatic heterocycles. The maximum Gasteiger partial charge on any atom is 0.288 e. The summed E-state index contributed by atoms with van der Waals surface area (Å²) in [5.41, 5.74) is 1.32. The van der Waals surface area contributed by atoms with Gasteiger partial charge < -0.3 is 10.4 Å². The van der Waals surface area contributed by atoms with Gasteiger partial charge in [0.25, 0.3) is 11.2 Å². The molecule has 0 saturated heterocycles. The first-order chi connectivity index (χ1) is 14.5. The molecule has 0 saturated carbocycles. The fourth-order valence-corrected chi connectivity index (χ4v) is 3.53. The lowest BCUT2D eigenvalue weighted by molar-refractivity contribution is -0.384. The normalized spacial score (nSPS) is 14.5. The van der Waals surface area contributed by atoms with Crippen molar-refractivity contribution in [3.05, 3.63) is 80.1 Å². The highest BCUT2D eigenvalue weighted by Gasteiger charge is 2.34. The molecule has 2 aromatic heterocycles. The zero-order valence-electron chi connectivity index (χ0n) is 15.1. The van der Waals surface area contributed by atoms with E-state index in [0.29, 0.717) is 22.4 Å². The van der Waals surface area contributed by atoms with Crippen LogP contribution in [-0.4, -0.2) is 40.4 Å². The molecule has 3 N–H and O–H groups in total. The molecule has 12 nitrogen and oxygen atoms in total. The highest BCUT2D eigenvalue weighted by atomic mass is 16.6. The van der Waals surface area contributed by atoms with Gasteiger partial charge >= 0.3 is 0 Å². The molecule has 5 rings (SSSR count). The van der Waals surface area contributed by atoms with Gasteiger partial charge in [0, 0.05) is 23.3 Å². The minimum absolute atomic E-state index is 0.0249. The van der Waals surface area contributed by atoms with Crippen molar-refractivity contribution >= 4 is 17.3 Å². The summed E-state index contributed by atoms with van der Waals surface area (Å²) in [6.07, 6.45) is 0. The van der Waals surface area contributed by atoms with Crippen LogP contribution in [0.1, 0.15) is 17.2 Å². The molecule has 0 radical (unpaired) electrons. The van der Waals surface area contributed by atoms with Gasteiger partial charge in [-0.1, -0.05) is 29.4 Å². The van der Waals surface area contributed by atoms with E-state index in [2.05, 4.69) is 31.0 Å². The van der Waals surface area contributed by atoms with Gasteiger partial charge in [0.15, 0.2) is 0 Å². The first-order valence-electron chi connectivity index (χ1n) is 8.74. The van der Waals surface area contributed by atoms with E-state index in [0.717, 1.165) is 0 Å². The van der Waals surface area contributed by atoms with E-state index in [4.69, 9.17) is 0 Å². The van der Waals surface area contributed by atoms with Crippen LogP contribution in [0, 0.1) is 10.1 Å². The summed E-state index contributed by atoms with van der Waals surface area (Å²) in [7, 11) is 0. The molecule has 0 fully saturated rings. The zero-order valence-corrected chi connectivity index (χ0v) is 15.1. The minimum atomic E-state index is -0.706. The van der Waals surface area contributed by atoms with E-state index in [1.807, 2.05) is 0 Å². The van der Waals surface area contributed by atoms with Crippen LogP contribution < -0.4 is 10.9 Å². The van der Waals surface area contributed by atoms with Crippen molar-refractivity contribution in [2.45, 2.75) is 6.04 Å². The zero-order chi connectivity index (χ0) is 20.8. The molecule has 4 aromatic rings. The number of nitrogens with zero attached hydrogens (tertiary/aromatic N) is 6. The smallest absolute Gasteiger partial charge is 0.288 e. The molecule has 3 heterocycles. The van der Waals surface area contributed by atoms with Crippen molar-refractivity contribution < 1.29 is 10.0 Å². The number of phenols is 1. The fraction of sp³-hybridized carbons (Fsp3) is 0.0556. The van der Waals surface area contributed by atoms with E-state index < -0.39 is 16.5 Å².